The largest absolute Gasteiger partial charge is 0.358 e. The maximum absolute atomic E-state index is 12.6. The molecule has 3 rings (SSSR count). The fourth-order valence-corrected chi connectivity index (χ4v) is 3.30. The average Bonchev–Trinajstić information content (AvgIpc) is 2.82. The molecular formula is C18H23NO. The highest BCUT2D eigenvalue weighted by molar-refractivity contribution is 6.09. The Kier molecular flexibility index (Phi) is 4.19. The molecule has 106 valence electrons. The molecule has 2 nitrogen and oxygen atoms in total. The van der Waals surface area contributed by atoms with E-state index >= 15 is 0 Å². The van der Waals surface area contributed by atoms with Gasteiger partial charge in [0, 0.05) is 28.6 Å². The molecule has 0 fully saturated rings. The molecule has 1 heterocycles. The Balaban J connectivity index is 1.96. The Morgan fingerprint density at radius 1 is 0.800 bits per heavy atom. The highest BCUT2D eigenvalue weighted by Crippen LogP contribution is 2.26. The number of carbonyl (C=O) groups is 1. The number of hydrogen-bond donors (Lipinski definition) is 1. The van der Waals surface area contributed by atoms with Crippen LogP contribution in [-0.2, 0) is 6.42 Å². The number of nitrogens with one attached hydrogen (secondary N) is 1. The molecule has 2 aromatic rings. The first-order valence-corrected chi connectivity index (χ1v) is 7.99. The Morgan fingerprint density at radius 2 is 1.45 bits per heavy atom. The first-order valence-electron chi connectivity index (χ1n) is 7.99. The average molecular weight is 269 g/mol. The minimum absolute atomic E-state index is 0.332. The summed E-state index contributed by atoms with van der Waals surface area (Å²) in [5.74, 6) is 0.332. The number of Topliss-reactive ketones (excluding diaryl/α,β-unsaturated/α-hetero) is 1. The molecule has 2 heteroatoms. The number of hydrogen-bond acceptors (Lipinski definition) is 1. The van der Waals surface area contributed by atoms with Crippen molar-refractivity contribution in [3.63, 3.8) is 0 Å². The molecule has 1 aromatic carbocycles. The second-order valence-corrected chi connectivity index (χ2v) is 5.92. The molecule has 0 unspecified atom stereocenters. The topological polar surface area (TPSA) is 32.9 Å². The van der Waals surface area contributed by atoms with Crippen molar-refractivity contribution in [1.29, 1.82) is 0 Å². The van der Waals surface area contributed by atoms with E-state index in [4.69, 9.17) is 0 Å². The summed E-state index contributed by atoms with van der Waals surface area (Å²) < 4.78 is 0. The molecule has 1 aliphatic rings. The third kappa shape index (κ3) is 2.79. The SMILES string of the molecule is O=C1CCCCCCCCCc2[nH]c3ccccc3c21. The lowest BCUT2D eigenvalue weighted by molar-refractivity contribution is 0.0979. The highest BCUT2D eigenvalue weighted by Gasteiger charge is 2.17. The fraction of sp³-hybridized carbons (Fsp3) is 0.500. The van der Waals surface area contributed by atoms with E-state index < -0.39 is 0 Å². The smallest absolute Gasteiger partial charge is 0.165 e. The summed E-state index contributed by atoms with van der Waals surface area (Å²) in [6.45, 7) is 0. The molecule has 0 atom stereocenters. The van der Waals surface area contributed by atoms with E-state index in [2.05, 4.69) is 17.1 Å². The summed E-state index contributed by atoms with van der Waals surface area (Å²) in [5, 5.41) is 1.12. The quantitative estimate of drug-likeness (QED) is 0.715. The summed E-state index contributed by atoms with van der Waals surface area (Å²) in [5.41, 5.74) is 3.25. The monoisotopic (exact) mass is 269 g/mol. The summed E-state index contributed by atoms with van der Waals surface area (Å²) in [6.07, 6.45) is 10.4. The number of ketones is 1. The summed E-state index contributed by atoms with van der Waals surface area (Å²) in [6, 6.07) is 8.22. The van der Waals surface area contributed by atoms with Crippen molar-refractivity contribution < 1.29 is 4.79 Å². The standard InChI is InChI=1S/C18H23NO/c20-17-13-7-5-3-1-2-4-6-12-16-18(17)14-10-8-9-11-15(14)19-16/h8-11,19H,1-7,12-13H2. The number of fused-ring (bicyclic) bond motifs is 3. The molecule has 20 heavy (non-hydrogen) atoms. The zero-order valence-electron chi connectivity index (χ0n) is 12.1. The minimum Gasteiger partial charge on any atom is -0.358 e. The summed E-state index contributed by atoms with van der Waals surface area (Å²) in [7, 11) is 0. The normalized spacial score (nSPS) is 18.3. The van der Waals surface area contributed by atoms with Crippen LogP contribution in [0.5, 0.6) is 0 Å². The van der Waals surface area contributed by atoms with Gasteiger partial charge >= 0.3 is 0 Å². The Bertz CT molecular complexity index is 596. The predicted octanol–water partition coefficient (Wildman–Crippen LogP) is 5.03. The van der Waals surface area contributed by atoms with E-state index in [1.54, 1.807) is 0 Å². The molecular weight excluding hydrogens is 246 g/mol. The van der Waals surface area contributed by atoms with Crippen LogP contribution in [0, 0.1) is 0 Å². The van der Waals surface area contributed by atoms with E-state index in [0.717, 1.165) is 35.0 Å². The van der Waals surface area contributed by atoms with Crippen LogP contribution in [0.15, 0.2) is 24.3 Å². The third-order valence-electron chi connectivity index (χ3n) is 4.39. The van der Waals surface area contributed by atoms with E-state index in [-0.39, 0.29) is 0 Å². The van der Waals surface area contributed by atoms with Gasteiger partial charge in [0.05, 0.1) is 0 Å². The van der Waals surface area contributed by atoms with Crippen LogP contribution in [0.2, 0.25) is 0 Å². The summed E-state index contributed by atoms with van der Waals surface area (Å²) >= 11 is 0. The van der Waals surface area contributed by atoms with Crippen LogP contribution in [0.4, 0.5) is 0 Å². The number of aromatic amines is 1. The van der Waals surface area contributed by atoms with Crippen molar-refractivity contribution in [2.75, 3.05) is 0 Å². The molecule has 0 saturated carbocycles. The number of H-pyrrole nitrogens is 1. The van der Waals surface area contributed by atoms with Crippen LogP contribution >= 0.6 is 0 Å². The van der Waals surface area contributed by atoms with Gasteiger partial charge in [-0.25, -0.2) is 0 Å². The van der Waals surface area contributed by atoms with E-state index in [0.29, 0.717) is 12.2 Å². The lowest BCUT2D eigenvalue weighted by Crippen LogP contribution is -2.03. The number of benzene rings is 1. The van der Waals surface area contributed by atoms with Crippen molar-refractivity contribution in [1.82, 2.24) is 4.98 Å². The number of carbonyl (C=O) groups excluding carboxylic acids is 1. The van der Waals surface area contributed by atoms with Crippen molar-refractivity contribution in [2.24, 2.45) is 0 Å². The van der Waals surface area contributed by atoms with Crippen LogP contribution in [-0.4, -0.2) is 10.8 Å². The molecule has 0 saturated heterocycles. The fourth-order valence-electron chi connectivity index (χ4n) is 3.30. The van der Waals surface area contributed by atoms with Crippen LogP contribution in [0.25, 0.3) is 10.9 Å². The van der Waals surface area contributed by atoms with Gasteiger partial charge in [-0.1, -0.05) is 50.3 Å². The molecule has 1 aliphatic carbocycles. The van der Waals surface area contributed by atoms with Crippen molar-refractivity contribution in [3.8, 4) is 0 Å². The number of aromatic nitrogens is 1. The zero-order valence-corrected chi connectivity index (χ0v) is 12.1. The Hall–Kier alpha value is -1.57. The lowest BCUT2D eigenvalue weighted by atomic mass is 9.97. The van der Waals surface area contributed by atoms with Crippen LogP contribution in [0.3, 0.4) is 0 Å². The van der Waals surface area contributed by atoms with E-state index in [9.17, 15) is 4.79 Å². The molecule has 0 amide bonds. The van der Waals surface area contributed by atoms with Gasteiger partial charge in [0.2, 0.25) is 0 Å². The van der Waals surface area contributed by atoms with Gasteiger partial charge in [-0.3, -0.25) is 4.79 Å². The first kappa shape index (κ1) is 13.4. The van der Waals surface area contributed by atoms with Gasteiger partial charge < -0.3 is 4.98 Å². The van der Waals surface area contributed by atoms with Gasteiger partial charge in [0.1, 0.15) is 0 Å². The van der Waals surface area contributed by atoms with Crippen LogP contribution in [0.1, 0.15) is 67.4 Å². The van der Waals surface area contributed by atoms with E-state index in [1.807, 2.05) is 12.1 Å². The van der Waals surface area contributed by atoms with Gasteiger partial charge in [-0.05, 0) is 25.3 Å². The van der Waals surface area contributed by atoms with Crippen molar-refractivity contribution in [3.05, 3.63) is 35.5 Å². The molecule has 1 N–H and O–H groups in total. The first-order chi connectivity index (χ1) is 9.86. The molecule has 1 aromatic heterocycles. The number of aryl methyl sites for hydroxylation is 1. The van der Waals surface area contributed by atoms with Gasteiger partial charge in [0.25, 0.3) is 0 Å². The molecule has 0 bridgehead atoms. The van der Waals surface area contributed by atoms with Gasteiger partial charge in [-0.15, -0.1) is 0 Å². The molecule has 0 aliphatic heterocycles. The number of rotatable bonds is 0. The maximum Gasteiger partial charge on any atom is 0.165 e. The van der Waals surface area contributed by atoms with Crippen LogP contribution < -0.4 is 0 Å². The highest BCUT2D eigenvalue weighted by atomic mass is 16.1. The van der Waals surface area contributed by atoms with Gasteiger partial charge in [0.15, 0.2) is 5.78 Å². The molecule has 0 radical (unpaired) electrons. The van der Waals surface area contributed by atoms with Gasteiger partial charge in [-0.2, -0.15) is 0 Å². The van der Waals surface area contributed by atoms with Crippen molar-refractivity contribution >= 4 is 16.7 Å². The number of para-hydroxylation sites is 1. The lowest BCUT2D eigenvalue weighted by Gasteiger charge is -2.07. The minimum atomic E-state index is 0.332. The predicted molar refractivity (Wildman–Crippen MR) is 83.3 cm³/mol. The van der Waals surface area contributed by atoms with E-state index in [1.165, 1.54) is 38.5 Å². The maximum atomic E-state index is 12.6. The van der Waals surface area contributed by atoms with Crippen molar-refractivity contribution in [2.45, 2.75) is 57.8 Å². The third-order valence-corrected chi connectivity index (χ3v) is 4.39. The summed E-state index contributed by atoms with van der Waals surface area (Å²) in [4.78, 5) is 16.1. The Labute approximate surface area is 120 Å². The Morgan fingerprint density at radius 3 is 2.25 bits per heavy atom. The second-order valence-electron chi connectivity index (χ2n) is 5.92. The molecule has 0 spiro atoms. The zero-order chi connectivity index (χ0) is 13.8. The second kappa shape index (κ2) is 6.25.